The van der Waals surface area contributed by atoms with Crippen LogP contribution in [0.5, 0.6) is 0 Å². The zero-order chi connectivity index (χ0) is 26.7. The van der Waals surface area contributed by atoms with Crippen LogP contribution < -0.4 is 10.7 Å². The molecule has 0 fully saturated rings. The number of nitrogens with zero attached hydrogens (tertiary/aromatic N) is 1. The monoisotopic (exact) mass is 518 g/mol. The third-order valence-electron chi connectivity index (χ3n) is 5.90. The smallest absolute Gasteiger partial charge is 0.355 e. The molecule has 0 atom stereocenters. The number of esters is 1. The van der Waals surface area contributed by atoms with Crippen molar-refractivity contribution in [2.24, 2.45) is 0 Å². The van der Waals surface area contributed by atoms with E-state index in [0.717, 1.165) is 5.56 Å². The van der Waals surface area contributed by atoms with Crippen LogP contribution in [-0.4, -0.2) is 40.8 Å². The number of amides is 1. The number of aromatic nitrogens is 1. The molecule has 0 aliphatic rings. The predicted octanol–water partition coefficient (Wildman–Crippen LogP) is 4.52. The van der Waals surface area contributed by atoms with Gasteiger partial charge >= 0.3 is 5.97 Å². The lowest BCUT2D eigenvalue weighted by Crippen LogP contribution is -2.38. The molecular weight excluding hydrogens is 492 g/mol. The van der Waals surface area contributed by atoms with Gasteiger partial charge in [-0.1, -0.05) is 41.9 Å². The lowest BCUT2D eigenvalue weighted by molar-refractivity contribution is 0.0589. The number of ether oxygens (including phenoxy) is 1. The Balaban J connectivity index is 1.83. The SMILES string of the molecule is COC(=O)c1c(Cc2ccc(C(=O)NCC(C)(C)O)cc2)c(=O)c2ccc(Cl)cc2n1-c1ccccc1. The maximum absolute atomic E-state index is 13.7. The molecule has 3 aromatic carbocycles. The molecule has 37 heavy (non-hydrogen) atoms. The zero-order valence-electron chi connectivity index (χ0n) is 20.7. The van der Waals surface area contributed by atoms with E-state index in [1.165, 1.54) is 7.11 Å². The number of carbonyl (C=O) groups excluding carboxylic acids is 2. The highest BCUT2D eigenvalue weighted by molar-refractivity contribution is 6.31. The highest BCUT2D eigenvalue weighted by Crippen LogP contribution is 2.26. The molecule has 0 spiro atoms. The van der Waals surface area contributed by atoms with Gasteiger partial charge in [0.15, 0.2) is 5.43 Å². The summed E-state index contributed by atoms with van der Waals surface area (Å²) in [5.41, 5.74) is 1.36. The third-order valence-corrected chi connectivity index (χ3v) is 6.14. The number of rotatable bonds is 7. The topological polar surface area (TPSA) is 97.6 Å². The first kappa shape index (κ1) is 26.1. The van der Waals surface area contributed by atoms with E-state index >= 15 is 0 Å². The Bertz CT molecular complexity index is 1520. The van der Waals surface area contributed by atoms with Crippen molar-refractivity contribution in [2.75, 3.05) is 13.7 Å². The van der Waals surface area contributed by atoms with Gasteiger partial charge in [-0.05, 0) is 61.9 Å². The lowest BCUT2D eigenvalue weighted by Gasteiger charge is -2.20. The van der Waals surface area contributed by atoms with Crippen LogP contribution >= 0.6 is 11.6 Å². The Morgan fingerprint density at radius 3 is 2.32 bits per heavy atom. The molecule has 0 bridgehead atoms. The number of fused-ring (bicyclic) bond motifs is 1. The van der Waals surface area contributed by atoms with Gasteiger partial charge in [0.25, 0.3) is 5.91 Å². The molecule has 0 saturated carbocycles. The molecule has 0 saturated heterocycles. The molecule has 0 aliphatic heterocycles. The standard InChI is InChI=1S/C29H27ClN2O5/c1-29(2,36)17-31-27(34)19-11-9-18(10-12-19)15-23-25(28(35)37-3)32(21-7-5-4-6-8-21)24-16-20(30)13-14-22(24)26(23)33/h4-14,16,36H,15,17H2,1-3H3,(H,31,34). The van der Waals surface area contributed by atoms with Gasteiger partial charge in [0.1, 0.15) is 5.69 Å². The van der Waals surface area contributed by atoms with Crippen LogP contribution in [0.15, 0.2) is 77.6 Å². The quantitative estimate of drug-likeness (QED) is 0.350. The summed E-state index contributed by atoms with van der Waals surface area (Å²) in [5, 5.41) is 13.4. The highest BCUT2D eigenvalue weighted by Gasteiger charge is 2.24. The first-order valence-corrected chi connectivity index (χ1v) is 12.1. The highest BCUT2D eigenvalue weighted by atomic mass is 35.5. The van der Waals surface area contributed by atoms with Gasteiger partial charge < -0.3 is 19.7 Å². The first-order chi connectivity index (χ1) is 17.6. The van der Waals surface area contributed by atoms with Crippen molar-refractivity contribution in [3.8, 4) is 5.69 Å². The van der Waals surface area contributed by atoms with Crippen molar-refractivity contribution in [1.29, 1.82) is 0 Å². The molecule has 4 rings (SSSR count). The number of halogens is 1. The normalized spacial score (nSPS) is 11.4. The number of carbonyl (C=O) groups is 2. The molecule has 1 amide bonds. The van der Waals surface area contributed by atoms with Crippen molar-refractivity contribution in [1.82, 2.24) is 9.88 Å². The van der Waals surface area contributed by atoms with E-state index in [2.05, 4.69) is 5.32 Å². The van der Waals surface area contributed by atoms with E-state index in [-0.39, 0.29) is 35.6 Å². The van der Waals surface area contributed by atoms with E-state index < -0.39 is 11.6 Å². The predicted molar refractivity (Wildman–Crippen MR) is 144 cm³/mol. The van der Waals surface area contributed by atoms with Gasteiger partial charge in [-0.25, -0.2) is 4.79 Å². The second kappa shape index (κ2) is 10.6. The lowest BCUT2D eigenvalue weighted by atomic mass is 9.98. The van der Waals surface area contributed by atoms with Crippen molar-refractivity contribution in [3.63, 3.8) is 0 Å². The average Bonchev–Trinajstić information content (AvgIpc) is 2.88. The van der Waals surface area contributed by atoms with Gasteiger partial charge in [0.05, 0.1) is 18.2 Å². The molecule has 8 heteroatoms. The fraction of sp³-hybridized carbons (Fsp3) is 0.207. The maximum atomic E-state index is 13.7. The van der Waals surface area contributed by atoms with Crippen LogP contribution in [0.2, 0.25) is 5.02 Å². The van der Waals surface area contributed by atoms with Crippen LogP contribution in [0, 0.1) is 0 Å². The second-order valence-electron chi connectivity index (χ2n) is 9.35. The number of pyridine rings is 1. The van der Waals surface area contributed by atoms with Crippen LogP contribution in [0.1, 0.15) is 45.8 Å². The molecule has 2 N–H and O–H groups in total. The minimum Gasteiger partial charge on any atom is -0.464 e. The first-order valence-electron chi connectivity index (χ1n) is 11.7. The van der Waals surface area contributed by atoms with E-state index in [0.29, 0.717) is 27.2 Å². The molecular formula is C29H27ClN2O5. The summed E-state index contributed by atoms with van der Waals surface area (Å²) in [6, 6.07) is 20.9. The molecule has 0 unspecified atom stereocenters. The Hall–Kier alpha value is -3.94. The van der Waals surface area contributed by atoms with E-state index in [1.54, 1.807) is 60.9 Å². The summed E-state index contributed by atoms with van der Waals surface area (Å²) in [6.07, 6.45) is 0.139. The summed E-state index contributed by atoms with van der Waals surface area (Å²) in [7, 11) is 1.27. The molecule has 4 aromatic rings. The van der Waals surface area contributed by atoms with Gasteiger partial charge in [-0.15, -0.1) is 0 Å². The average molecular weight is 519 g/mol. The third kappa shape index (κ3) is 5.74. The van der Waals surface area contributed by atoms with Crippen LogP contribution in [0.25, 0.3) is 16.6 Å². The molecule has 0 radical (unpaired) electrons. The van der Waals surface area contributed by atoms with E-state index in [1.807, 2.05) is 30.3 Å². The van der Waals surface area contributed by atoms with Gasteiger partial charge in [0.2, 0.25) is 0 Å². The van der Waals surface area contributed by atoms with Crippen molar-refractivity contribution in [3.05, 3.63) is 110 Å². The minimum absolute atomic E-state index is 0.107. The number of hydrogen-bond donors (Lipinski definition) is 2. The number of benzene rings is 3. The minimum atomic E-state index is -1.03. The van der Waals surface area contributed by atoms with Gasteiger partial charge in [0, 0.05) is 40.2 Å². The largest absolute Gasteiger partial charge is 0.464 e. The number of methoxy groups -OCH3 is 1. The Morgan fingerprint density at radius 1 is 1.03 bits per heavy atom. The molecule has 190 valence electrons. The fourth-order valence-electron chi connectivity index (χ4n) is 4.10. The molecule has 1 aromatic heterocycles. The molecule has 1 heterocycles. The summed E-state index contributed by atoms with van der Waals surface area (Å²) < 4.78 is 6.81. The number of aliphatic hydroxyl groups is 1. The van der Waals surface area contributed by atoms with Crippen LogP contribution in [-0.2, 0) is 11.2 Å². The van der Waals surface area contributed by atoms with Crippen LogP contribution in [0.3, 0.4) is 0 Å². The zero-order valence-corrected chi connectivity index (χ0v) is 21.5. The van der Waals surface area contributed by atoms with Gasteiger partial charge in [-0.3, -0.25) is 9.59 Å². The van der Waals surface area contributed by atoms with Crippen LogP contribution in [0.4, 0.5) is 0 Å². The fourth-order valence-corrected chi connectivity index (χ4v) is 4.27. The Kier molecular flexibility index (Phi) is 7.47. The molecule has 0 aliphatic carbocycles. The number of nitrogens with one attached hydrogen (secondary N) is 1. The van der Waals surface area contributed by atoms with Gasteiger partial charge in [-0.2, -0.15) is 0 Å². The molecule has 7 nitrogen and oxygen atoms in total. The Morgan fingerprint density at radius 2 is 1.70 bits per heavy atom. The maximum Gasteiger partial charge on any atom is 0.355 e. The second-order valence-corrected chi connectivity index (χ2v) is 9.79. The van der Waals surface area contributed by atoms with Crippen molar-refractivity contribution < 1.29 is 19.4 Å². The van der Waals surface area contributed by atoms with Crippen molar-refractivity contribution >= 4 is 34.4 Å². The summed E-state index contributed by atoms with van der Waals surface area (Å²) in [4.78, 5) is 39.2. The van der Waals surface area contributed by atoms with E-state index in [9.17, 15) is 19.5 Å². The summed E-state index contributed by atoms with van der Waals surface area (Å²) in [5.74, 6) is -0.974. The summed E-state index contributed by atoms with van der Waals surface area (Å²) in [6.45, 7) is 3.32. The summed E-state index contributed by atoms with van der Waals surface area (Å²) >= 11 is 6.28. The van der Waals surface area contributed by atoms with Crippen molar-refractivity contribution in [2.45, 2.75) is 25.9 Å². The number of hydrogen-bond acceptors (Lipinski definition) is 5. The Labute approximate surface area is 219 Å². The van der Waals surface area contributed by atoms with E-state index in [4.69, 9.17) is 16.3 Å². The number of para-hydroxylation sites is 1.